The second kappa shape index (κ2) is 4.81. The molecular formula is C13H9BrN4O. The van der Waals surface area contributed by atoms with Crippen LogP contribution in [-0.2, 0) is 0 Å². The normalized spacial score (nSPS) is 10.6. The molecule has 94 valence electrons. The second-order valence-electron chi connectivity index (χ2n) is 3.81. The van der Waals surface area contributed by atoms with Crippen LogP contribution in [0.2, 0.25) is 0 Å². The summed E-state index contributed by atoms with van der Waals surface area (Å²) in [7, 11) is 0. The van der Waals surface area contributed by atoms with E-state index in [0.29, 0.717) is 27.6 Å². The summed E-state index contributed by atoms with van der Waals surface area (Å²) in [5.41, 5.74) is 8.00. The first-order valence-corrected chi connectivity index (χ1v) is 6.32. The third-order valence-corrected chi connectivity index (χ3v) is 3.17. The minimum absolute atomic E-state index is 0.323. The zero-order valence-electron chi connectivity index (χ0n) is 9.75. The van der Waals surface area contributed by atoms with E-state index in [4.69, 9.17) is 10.2 Å². The van der Waals surface area contributed by atoms with Gasteiger partial charge < -0.3 is 10.2 Å². The zero-order valence-corrected chi connectivity index (χ0v) is 11.3. The fourth-order valence-electron chi connectivity index (χ4n) is 1.72. The van der Waals surface area contributed by atoms with Crippen molar-refractivity contribution in [2.75, 3.05) is 5.73 Å². The number of nitrogen functional groups attached to an aromatic ring is 1. The van der Waals surface area contributed by atoms with Crippen LogP contribution in [0.15, 0.2) is 51.9 Å². The lowest BCUT2D eigenvalue weighted by molar-refractivity contribution is 0.580. The summed E-state index contributed by atoms with van der Waals surface area (Å²) in [6, 6.07) is 7.34. The summed E-state index contributed by atoms with van der Waals surface area (Å²) in [5.74, 6) is 0.947. The van der Waals surface area contributed by atoms with Gasteiger partial charge in [-0.05, 0) is 40.2 Å². The summed E-state index contributed by atoms with van der Waals surface area (Å²) >= 11 is 3.30. The Kier molecular flexibility index (Phi) is 3.00. The molecule has 5 nitrogen and oxygen atoms in total. The molecule has 3 rings (SSSR count). The van der Waals surface area contributed by atoms with Crippen LogP contribution in [0.1, 0.15) is 0 Å². The third-order valence-electron chi connectivity index (χ3n) is 2.59. The van der Waals surface area contributed by atoms with Gasteiger partial charge in [0.05, 0.1) is 6.26 Å². The van der Waals surface area contributed by atoms with E-state index in [2.05, 4.69) is 30.9 Å². The number of furan rings is 1. The smallest absolute Gasteiger partial charge is 0.157 e. The van der Waals surface area contributed by atoms with Crippen molar-refractivity contribution in [2.24, 2.45) is 0 Å². The van der Waals surface area contributed by atoms with E-state index in [-0.39, 0.29) is 0 Å². The highest BCUT2D eigenvalue weighted by Crippen LogP contribution is 2.31. The highest BCUT2D eigenvalue weighted by molar-refractivity contribution is 9.10. The molecule has 6 heteroatoms. The Morgan fingerprint density at radius 1 is 1.05 bits per heavy atom. The van der Waals surface area contributed by atoms with Crippen LogP contribution in [0.4, 0.5) is 5.82 Å². The topological polar surface area (TPSA) is 77.8 Å². The maximum Gasteiger partial charge on any atom is 0.157 e. The molecule has 3 aromatic heterocycles. The zero-order chi connectivity index (χ0) is 13.2. The van der Waals surface area contributed by atoms with E-state index in [9.17, 15) is 0 Å². The molecule has 19 heavy (non-hydrogen) atoms. The van der Waals surface area contributed by atoms with Gasteiger partial charge in [0.1, 0.15) is 16.0 Å². The molecule has 0 atom stereocenters. The summed E-state index contributed by atoms with van der Waals surface area (Å²) < 4.78 is 5.90. The van der Waals surface area contributed by atoms with E-state index in [1.807, 2.05) is 18.2 Å². The van der Waals surface area contributed by atoms with Crippen LogP contribution in [0.3, 0.4) is 0 Å². The lowest BCUT2D eigenvalue weighted by Gasteiger charge is -2.08. The first kappa shape index (κ1) is 11.9. The average Bonchev–Trinajstić information content (AvgIpc) is 2.96. The number of rotatable bonds is 2. The number of anilines is 1. The van der Waals surface area contributed by atoms with Crippen LogP contribution in [-0.4, -0.2) is 15.0 Å². The molecule has 0 amide bonds. The van der Waals surface area contributed by atoms with Gasteiger partial charge in [0, 0.05) is 18.0 Å². The number of hydrogen-bond acceptors (Lipinski definition) is 5. The Bertz CT molecular complexity index is 698. The number of aromatic nitrogens is 3. The molecule has 0 radical (unpaired) electrons. The molecule has 3 aromatic rings. The van der Waals surface area contributed by atoms with Gasteiger partial charge in [0.15, 0.2) is 11.6 Å². The molecule has 3 heterocycles. The van der Waals surface area contributed by atoms with Crippen molar-refractivity contribution >= 4 is 21.7 Å². The Labute approximate surface area is 117 Å². The number of nitrogens with zero attached hydrogens (tertiary/aromatic N) is 3. The van der Waals surface area contributed by atoms with Crippen molar-refractivity contribution in [3.8, 4) is 22.7 Å². The van der Waals surface area contributed by atoms with Crippen molar-refractivity contribution in [3.05, 3.63) is 47.5 Å². The number of pyridine rings is 1. The summed E-state index contributed by atoms with van der Waals surface area (Å²) in [6.07, 6.45) is 4.99. The molecule has 0 fully saturated rings. The Hall–Kier alpha value is -2.21. The Morgan fingerprint density at radius 3 is 2.53 bits per heavy atom. The largest absolute Gasteiger partial charge is 0.463 e. The van der Waals surface area contributed by atoms with Crippen molar-refractivity contribution in [1.82, 2.24) is 15.0 Å². The van der Waals surface area contributed by atoms with E-state index in [0.717, 1.165) is 5.56 Å². The van der Waals surface area contributed by atoms with E-state index in [1.165, 1.54) is 0 Å². The van der Waals surface area contributed by atoms with Gasteiger partial charge in [-0.1, -0.05) is 0 Å². The molecule has 0 saturated carbocycles. The van der Waals surface area contributed by atoms with E-state index in [1.54, 1.807) is 24.7 Å². The Balaban J connectivity index is 2.26. The van der Waals surface area contributed by atoms with Crippen molar-refractivity contribution in [1.29, 1.82) is 0 Å². The molecule has 0 spiro atoms. The molecule has 0 aliphatic rings. The third kappa shape index (κ3) is 2.22. The quantitative estimate of drug-likeness (QED) is 0.785. The van der Waals surface area contributed by atoms with Crippen LogP contribution in [0.5, 0.6) is 0 Å². The maximum atomic E-state index is 5.80. The lowest BCUT2D eigenvalue weighted by Crippen LogP contribution is -2.00. The number of hydrogen-bond donors (Lipinski definition) is 1. The highest BCUT2D eigenvalue weighted by Gasteiger charge is 2.15. The standard InChI is InChI=1S/C13H9BrN4O/c14-12-13(15)18-11(9-2-1-7-19-9)10(17-12)8-3-5-16-6-4-8/h1-7H,(H2,15,18). The second-order valence-corrected chi connectivity index (χ2v) is 4.56. The van der Waals surface area contributed by atoms with Crippen molar-refractivity contribution in [2.45, 2.75) is 0 Å². The molecule has 0 saturated heterocycles. The van der Waals surface area contributed by atoms with Gasteiger partial charge in [0.25, 0.3) is 0 Å². The van der Waals surface area contributed by atoms with Gasteiger partial charge in [-0.25, -0.2) is 9.97 Å². The minimum Gasteiger partial charge on any atom is -0.463 e. The molecule has 2 N–H and O–H groups in total. The molecule has 0 aliphatic carbocycles. The van der Waals surface area contributed by atoms with Crippen molar-refractivity contribution < 1.29 is 4.42 Å². The number of halogens is 1. The van der Waals surface area contributed by atoms with Gasteiger partial charge in [-0.3, -0.25) is 4.98 Å². The maximum absolute atomic E-state index is 5.80. The van der Waals surface area contributed by atoms with Gasteiger partial charge in [-0.2, -0.15) is 0 Å². The minimum atomic E-state index is 0.323. The molecule has 0 bridgehead atoms. The SMILES string of the molecule is Nc1nc(-c2ccco2)c(-c2ccncc2)nc1Br. The van der Waals surface area contributed by atoms with E-state index >= 15 is 0 Å². The van der Waals surface area contributed by atoms with Crippen LogP contribution in [0.25, 0.3) is 22.7 Å². The van der Waals surface area contributed by atoms with Crippen molar-refractivity contribution in [3.63, 3.8) is 0 Å². The van der Waals surface area contributed by atoms with Crippen LogP contribution in [0, 0.1) is 0 Å². The predicted octanol–water partition coefficient (Wildman–Crippen LogP) is 3.14. The monoisotopic (exact) mass is 316 g/mol. The first-order chi connectivity index (χ1) is 9.25. The first-order valence-electron chi connectivity index (χ1n) is 5.53. The van der Waals surface area contributed by atoms with Crippen LogP contribution < -0.4 is 5.73 Å². The highest BCUT2D eigenvalue weighted by atomic mass is 79.9. The summed E-state index contributed by atoms with van der Waals surface area (Å²) in [6.45, 7) is 0. The average molecular weight is 317 g/mol. The summed E-state index contributed by atoms with van der Waals surface area (Å²) in [4.78, 5) is 12.8. The van der Waals surface area contributed by atoms with Gasteiger partial charge in [0.2, 0.25) is 0 Å². The van der Waals surface area contributed by atoms with Gasteiger partial charge >= 0.3 is 0 Å². The molecule has 0 unspecified atom stereocenters. The fourth-order valence-corrected chi connectivity index (χ4v) is 1.99. The Morgan fingerprint density at radius 2 is 1.84 bits per heavy atom. The van der Waals surface area contributed by atoms with E-state index < -0.39 is 0 Å². The predicted molar refractivity (Wildman–Crippen MR) is 75.1 cm³/mol. The molecule has 0 aliphatic heterocycles. The summed E-state index contributed by atoms with van der Waals surface area (Å²) in [5, 5.41) is 0. The lowest BCUT2D eigenvalue weighted by atomic mass is 10.1. The fraction of sp³-hybridized carbons (Fsp3) is 0. The van der Waals surface area contributed by atoms with Gasteiger partial charge in [-0.15, -0.1) is 0 Å². The number of nitrogens with two attached hydrogens (primary N) is 1. The molecule has 0 aromatic carbocycles. The molecular weight excluding hydrogens is 308 g/mol. The van der Waals surface area contributed by atoms with Crippen LogP contribution >= 0.6 is 15.9 Å².